The van der Waals surface area contributed by atoms with E-state index in [2.05, 4.69) is 98.9 Å². The summed E-state index contributed by atoms with van der Waals surface area (Å²) in [5.74, 6) is -0.951. The number of ether oxygens (including phenoxy) is 2. The quantitative estimate of drug-likeness (QED) is 0.0215. The van der Waals surface area contributed by atoms with Crippen molar-refractivity contribution in [1.29, 1.82) is 0 Å². The first-order valence-corrected chi connectivity index (χ1v) is 23.5. The summed E-state index contributed by atoms with van der Waals surface area (Å²) >= 11 is 0. The van der Waals surface area contributed by atoms with Crippen LogP contribution in [0.3, 0.4) is 0 Å². The molecule has 0 rings (SSSR count). The third-order valence-electron chi connectivity index (χ3n) is 8.60. The Kier molecular flexibility index (Phi) is 37.3. The minimum absolute atomic E-state index is 0.00786. The van der Waals surface area contributed by atoms with E-state index in [1.807, 2.05) is 33.3 Å². The second-order valence-electron chi connectivity index (χ2n) is 15.4. The number of allylic oxidation sites excluding steroid dienone is 16. The summed E-state index contributed by atoms with van der Waals surface area (Å²) in [5, 5.41) is 0. The molecule has 0 bridgehead atoms. The molecule has 0 aromatic rings. The van der Waals surface area contributed by atoms with Crippen LogP contribution in [0.5, 0.6) is 0 Å². The number of unbranched alkanes of at least 4 members (excludes halogenated alkanes) is 8. The van der Waals surface area contributed by atoms with Crippen molar-refractivity contribution in [2.24, 2.45) is 0 Å². The van der Waals surface area contributed by atoms with E-state index in [0.717, 1.165) is 57.8 Å². The van der Waals surface area contributed by atoms with E-state index >= 15 is 0 Å². The average molecular weight is 831 g/mol. The molecule has 1 unspecified atom stereocenters. The molecule has 0 heterocycles. The van der Waals surface area contributed by atoms with Crippen LogP contribution in [0.2, 0.25) is 0 Å². The van der Waals surface area contributed by atoms with Gasteiger partial charge < -0.3 is 18.9 Å². The third-order valence-corrected chi connectivity index (χ3v) is 9.58. The molecule has 0 aliphatic carbocycles. The Hall–Kier alpha value is -3.07. The maximum atomic E-state index is 12.7. The van der Waals surface area contributed by atoms with E-state index in [1.165, 1.54) is 44.9 Å². The number of carbonyl (C=O) groups is 2. The van der Waals surface area contributed by atoms with Crippen LogP contribution < -0.4 is 0 Å². The molecule has 0 spiro atoms. The van der Waals surface area contributed by atoms with Gasteiger partial charge in [-0.2, -0.15) is 0 Å². The van der Waals surface area contributed by atoms with Crippen molar-refractivity contribution in [2.45, 2.75) is 148 Å². The Labute approximate surface area is 353 Å². The summed E-state index contributed by atoms with van der Waals surface area (Å²) in [4.78, 5) is 35.3. The van der Waals surface area contributed by atoms with Gasteiger partial charge in [-0.05, 0) is 89.9 Å². The van der Waals surface area contributed by atoms with Gasteiger partial charge in [0.25, 0.3) is 0 Å². The zero-order valence-electron chi connectivity index (χ0n) is 37.0. The van der Waals surface area contributed by atoms with Crippen molar-refractivity contribution >= 4 is 19.8 Å². The van der Waals surface area contributed by atoms with Crippen LogP contribution in [0, 0.1) is 0 Å². The Bertz CT molecular complexity index is 1300. The zero-order chi connectivity index (χ0) is 42.8. The normalized spacial score (nSPS) is 14.5. The molecule has 0 aromatic heterocycles. The van der Waals surface area contributed by atoms with Crippen molar-refractivity contribution in [1.82, 2.24) is 0 Å². The molecule has 10 heteroatoms. The lowest BCUT2D eigenvalue weighted by Crippen LogP contribution is -2.37. The van der Waals surface area contributed by atoms with E-state index in [-0.39, 0.29) is 26.1 Å². The van der Waals surface area contributed by atoms with Crippen molar-refractivity contribution in [2.75, 3.05) is 47.5 Å². The van der Waals surface area contributed by atoms with Gasteiger partial charge in [0.05, 0.1) is 27.7 Å². The Morgan fingerprint density at radius 2 is 0.948 bits per heavy atom. The SMILES string of the molecule is CCCCC/C=C/C/C=C/C/C=C/C/C=C/C/C=C/CCC(=O)OC[C@H](COP(=O)(O)OCC[N+](C)(C)C)OC(=O)CCCC/C=C/C/C=C/C/C=C/CCCCC. The molecule has 0 fully saturated rings. The van der Waals surface area contributed by atoms with E-state index in [0.29, 0.717) is 23.9 Å². The zero-order valence-corrected chi connectivity index (χ0v) is 37.9. The van der Waals surface area contributed by atoms with Crippen molar-refractivity contribution in [3.05, 3.63) is 97.2 Å². The van der Waals surface area contributed by atoms with Gasteiger partial charge in [0, 0.05) is 12.8 Å². The number of nitrogens with zero attached hydrogens (tertiary/aromatic N) is 1. The van der Waals surface area contributed by atoms with Gasteiger partial charge in [-0.25, -0.2) is 4.57 Å². The topological polar surface area (TPSA) is 108 Å². The van der Waals surface area contributed by atoms with Crippen LogP contribution in [0.25, 0.3) is 0 Å². The molecular formula is C48H81NO8P+. The van der Waals surface area contributed by atoms with Crippen molar-refractivity contribution in [3.8, 4) is 0 Å². The van der Waals surface area contributed by atoms with E-state index in [1.54, 1.807) is 0 Å². The lowest BCUT2D eigenvalue weighted by molar-refractivity contribution is -0.870. The highest BCUT2D eigenvalue weighted by atomic mass is 31.2. The average Bonchev–Trinajstić information content (AvgIpc) is 3.17. The maximum absolute atomic E-state index is 12.7. The van der Waals surface area contributed by atoms with Gasteiger partial charge in [-0.3, -0.25) is 18.6 Å². The monoisotopic (exact) mass is 831 g/mol. The number of esters is 2. The van der Waals surface area contributed by atoms with Gasteiger partial charge in [-0.1, -0.05) is 137 Å². The highest BCUT2D eigenvalue weighted by Gasteiger charge is 2.27. The molecule has 0 amide bonds. The summed E-state index contributed by atoms with van der Waals surface area (Å²) in [6.07, 6.45) is 51.9. The minimum Gasteiger partial charge on any atom is -0.462 e. The number of likely N-dealkylation sites (N-methyl/N-ethyl adjacent to an activating group) is 1. The maximum Gasteiger partial charge on any atom is 0.472 e. The minimum atomic E-state index is -4.41. The fourth-order valence-electron chi connectivity index (χ4n) is 5.12. The molecular weight excluding hydrogens is 750 g/mol. The van der Waals surface area contributed by atoms with Gasteiger partial charge in [0.1, 0.15) is 19.8 Å². The lowest BCUT2D eigenvalue weighted by atomic mass is 10.1. The molecule has 0 aliphatic rings. The van der Waals surface area contributed by atoms with Crippen molar-refractivity contribution < 1.29 is 42.1 Å². The number of rotatable bonds is 38. The first-order chi connectivity index (χ1) is 28.0. The number of hydrogen-bond donors (Lipinski definition) is 1. The number of hydrogen-bond acceptors (Lipinski definition) is 7. The molecule has 330 valence electrons. The molecule has 0 aromatic carbocycles. The van der Waals surface area contributed by atoms with Gasteiger partial charge in [0.2, 0.25) is 0 Å². The standard InChI is InChI=1S/C48H80NO8P/c1-6-8-10-12-14-16-18-20-22-23-24-25-27-28-30-32-34-36-38-40-47(50)54-44-46(45-56-58(52,53)55-43-42-49(3,4)5)57-48(51)41-39-37-35-33-31-29-26-21-19-17-15-13-11-9-7-2/h14-17,20-22,24-26,28,30-31,33-34,36,46H,6-13,18-19,23,27,29,32,35,37-45H2,1-5H3/p+1/b16-14+,17-15+,22-20+,25-24+,26-21+,30-28+,33-31+,36-34+/t46-/m1/s1. The summed E-state index contributed by atoms with van der Waals surface area (Å²) in [6, 6.07) is 0. The van der Waals surface area contributed by atoms with Crippen molar-refractivity contribution in [3.63, 3.8) is 0 Å². The van der Waals surface area contributed by atoms with Crippen LogP contribution in [0.4, 0.5) is 0 Å². The summed E-state index contributed by atoms with van der Waals surface area (Å²) in [5.41, 5.74) is 0. The number of phosphoric acid groups is 1. The van der Waals surface area contributed by atoms with Gasteiger partial charge in [0.15, 0.2) is 6.10 Å². The highest BCUT2D eigenvalue weighted by Crippen LogP contribution is 2.43. The van der Waals surface area contributed by atoms with Crippen LogP contribution >= 0.6 is 7.82 Å². The molecule has 2 atom stereocenters. The van der Waals surface area contributed by atoms with E-state index in [4.69, 9.17) is 18.5 Å². The summed E-state index contributed by atoms with van der Waals surface area (Å²) in [6.45, 7) is 4.20. The predicted molar refractivity (Wildman–Crippen MR) is 242 cm³/mol. The number of carbonyl (C=O) groups excluding carboxylic acids is 2. The summed E-state index contributed by atoms with van der Waals surface area (Å²) < 4.78 is 34.1. The van der Waals surface area contributed by atoms with Gasteiger partial charge >= 0.3 is 19.8 Å². The van der Waals surface area contributed by atoms with E-state index < -0.39 is 32.5 Å². The first-order valence-electron chi connectivity index (χ1n) is 22.0. The van der Waals surface area contributed by atoms with Crippen LogP contribution in [-0.4, -0.2) is 74.9 Å². The van der Waals surface area contributed by atoms with Crippen LogP contribution in [0.1, 0.15) is 142 Å². The number of phosphoric ester groups is 1. The van der Waals surface area contributed by atoms with E-state index in [9.17, 15) is 19.0 Å². The molecule has 1 N–H and O–H groups in total. The van der Waals surface area contributed by atoms with Crippen LogP contribution in [0.15, 0.2) is 97.2 Å². The fourth-order valence-corrected chi connectivity index (χ4v) is 5.86. The lowest BCUT2D eigenvalue weighted by Gasteiger charge is -2.24. The Morgan fingerprint density at radius 3 is 1.38 bits per heavy atom. The molecule has 9 nitrogen and oxygen atoms in total. The highest BCUT2D eigenvalue weighted by molar-refractivity contribution is 7.47. The Balaban J connectivity index is 4.57. The largest absolute Gasteiger partial charge is 0.472 e. The second-order valence-corrected chi connectivity index (χ2v) is 16.8. The predicted octanol–water partition coefficient (Wildman–Crippen LogP) is 12.6. The Morgan fingerprint density at radius 1 is 0.534 bits per heavy atom. The number of quaternary nitrogens is 1. The first kappa shape index (κ1) is 54.9. The third kappa shape index (κ3) is 42.5. The smallest absolute Gasteiger partial charge is 0.462 e. The van der Waals surface area contributed by atoms with Gasteiger partial charge in [-0.15, -0.1) is 0 Å². The molecule has 0 radical (unpaired) electrons. The summed E-state index contributed by atoms with van der Waals surface area (Å²) in [7, 11) is 1.40. The van der Waals surface area contributed by atoms with Crippen LogP contribution in [-0.2, 0) is 32.7 Å². The second kappa shape index (κ2) is 39.4. The molecule has 58 heavy (non-hydrogen) atoms. The molecule has 0 aliphatic heterocycles. The molecule has 0 saturated heterocycles. The molecule has 0 saturated carbocycles. The fraction of sp³-hybridized carbons (Fsp3) is 0.625.